The Kier molecular flexibility index (Phi) is 6.65. The highest BCUT2D eigenvalue weighted by molar-refractivity contribution is 8.03. The molecule has 0 bridgehead atoms. The molecule has 0 aliphatic carbocycles. The molecule has 8 heteroatoms. The van der Waals surface area contributed by atoms with E-state index in [1.54, 1.807) is 24.9 Å². The molecule has 29 heavy (non-hydrogen) atoms. The number of hydrogen-bond acceptors (Lipinski definition) is 6. The Morgan fingerprint density at radius 3 is 2.79 bits per heavy atom. The number of aliphatic hydroxyl groups excluding tert-OH is 1. The molecule has 5 atom stereocenters. The van der Waals surface area contributed by atoms with Crippen molar-refractivity contribution in [3.8, 4) is 0 Å². The maximum Gasteiger partial charge on any atom is 0.353 e. The van der Waals surface area contributed by atoms with E-state index >= 15 is 0 Å². The molecule has 0 unspecified atom stereocenters. The standard InChI is InChI=1S/C21H29N3O4S/c1-5-14(9-22-6-2)10-23-8-7-15(11-23)29-19-12(3)17-16(13(4)25)20(26)24(17)18(19)21(27)28/h5-6,9,12-13,15-17,25H,1,7-8,10-11H2,2-4H3,(H,27,28)/b14-9+,22-6?/t12-,13-,15-,16-,17-/m1/s1. The molecule has 3 aliphatic rings. The van der Waals surface area contributed by atoms with E-state index in [-0.39, 0.29) is 28.8 Å². The maximum absolute atomic E-state index is 12.4. The fourth-order valence-electron chi connectivity index (χ4n) is 4.48. The van der Waals surface area contributed by atoms with Crippen LogP contribution in [0.4, 0.5) is 0 Å². The zero-order chi connectivity index (χ0) is 21.3. The number of carbonyl (C=O) groups is 2. The summed E-state index contributed by atoms with van der Waals surface area (Å²) in [6, 6.07) is -0.254. The maximum atomic E-state index is 12.4. The lowest BCUT2D eigenvalue weighted by Gasteiger charge is -2.46. The summed E-state index contributed by atoms with van der Waals surface area (Å²) in [5.41, 5.74) is 1.15. The Bertz CT molecular complexity index is 789. The molecule has 1 amide bonds. The number of thioether (sulfide) groups is 1. The molecular weight excluding hydrogens is 390 g/mol. The predicted octanol–water partition coefficient (Wildman–Crippen LogP) is 2.11. The van der Waals surface area contributed by atoms with E-state index in [2.05, 4.69) is 16.5 Å². The molecule has 3 aliphatic heterocycles. The summed E-state index contributed by atoms with van der Waals surface area (Å²) in [7, 11) is 0. The summed E-state index contributed by atoms with van der Waals surface area (Å²) >= 11 is 1.59. The molecule has 0 spiro atoms. The lowest BCUT2D eigenvalue weighted by molar-refractivity contribution is -0.163. The third kappa shape index (κ3) is 4.06. The van der Waals surface area contributed by atoms with Crippen molar-refractivity contribution in [2.45, 2.75) is 44.6 Å². The van der Waals surface area contributed by atoms with Crippen LogP contribution in [-0.4, -0.2) is 75.1 Å². The summed E-state index contributed by atoms with van der Waals surface area (Å²) in [4.78, 5) is 33.0. The Morgan fingerprint density at radius 2 is 2.21 bits per heavy atom. The first-order valence-electron chi connectivity index (χ1n) is 9.97. The van der Waals surface area contributed by atoms with Gasteiger partial charge in [-0.15, -0.1) is 11.8 Å². The van der Waals surface area contributed by atoms with Gasteiger partial charge in [-0.05, 0) is 32.4 Å². The molecule has 3 rings (SSSR count). The van der Waals surface area contributed by atoms with Crippen LogP contribution in [0.1, 0.15) is 27.2 Å². The molecule has 3 heterocycles. The fraction of sp³-hybridized carbons (Fsp3) is 0.571. The van der Waals surface area contributed by atoms with E-state index in [9.17, 15) is 19.8 Å². The second-order valence-corrected chi connectivity index (χ2v) is 9.19. The first-order chi connectivity index (χ1) is 13.8. The van der Waals surface area contributed by atoms with Gasteiger partial charge in [0.25, 0.3) is 0 Å². The van der Waals surface area contributed by atoms with Gasteiger partial charge >= 0.3 is 5.97 Å². The molecule has 2 fully saturated rings. The molecule has 0 saturated carbocycles. The molecule has 0 radical (unpaired) electrons. The highest BCUT2D eigenvalue weighted by Gasteiger charge is 2.60. The number of amides is 1. The number of carbonyl (C=O) groups excluding carboxylic acids is 1. The van der Waals surface area contributed by atoms with Crippen molar-refractivity contribution >= 4 is 29.9 Å². The average Bonchev–Trinajstić information content (AvgIpc) is 3.20. The van der Waals surface area contributed by atoms with Crippen LogP contribution in [0.3, 0.4) is 0 Å². The number of β-lactam (4-membered cyclic amide) rings is 1. The van der Waals surface area contributed by atoms with Crippen LogP contribution in [0.15, 0.2) is 40.0 Å². The van der Waals surface area contributed by atoms with E-state index in [1.807, 2.05) is 26.1 Å². The number of hydrogen-bond donors (Lipinski definition) is 2. The SMILES string of the molecule is C=C/C(=C\N=CC)CN1CC[C@@H](SC2=C(C(=O)O)N3C(=O)[C@H]([C@@H](C)O)[C@H]3[C@H]2C)C1. The minimum atomic E-state index is -1.07. The highest BCUT2D eigenvalue weighted by atomic mass is 32.2. The Balaban J connectivity index is 1.71. The lowest BCUT2D eigenvalue weighted by Crippen LogP contribution is -2.63. The predicted molar refractivity (Wildman–Crippen MR) is 115 cm³/mol. The lowest BCUT2D eigenvalue weighted by atomic mass is 9.79. The van der Waals surface area contributed by atoms with Crippen LogP contribution in [-0.2, 0) is 9.59 Å². The van der Waals surface area contributed by atoms with Crippen molar-refractivity contribution in [2.24, 2.45) is 16.8 Å². The van der Waals surface area contributed by atoms with E-state index in [1.165, 1.54) is 4.90 Å². The third-order valence-electron chi connectivity index (χ3n) is 5.89. The van der Waals surface area contributed by atoms with Crippen LogP contribution in [0.2, 0.25) is 0 Å². The van der Waals surface area contributed by atoms with Crippen molar-refractivity contribution < 1.29 is 19.8 Å². The largest absolute Gasteiger partial charge is 0.477 e. The number of aliphatic hydroxyl groups is 1. The zero-order valence-corrected chi connectivity index (χ0v) is 17.9. The number of aliphatic imine (C=N–C) groups is 1. The van der Waals surface area contributed by atoms with Gasteiger partial charge in [0.05, 0.1) is 18.1 Å². The quantitative estimate of drug-likeness (QED) is 0.356. The number of rotatable bonds is 8. The molecule has 0 aromatic heterocycles. The average molecular weight is 420 g/mol. The van der Waals surface area contributed by atoms with Crippen molar-refractivity contribution in [1.29, 1.82) is 0 Å². The Hall–Kier alpha value is -1.90. The molecule has 7 nitrogen and oxygen atoms in total. The second-order valence-electron chi connectivity index (χ2n) is 7.85. The Labute approximate surface area is 175 Å². The van der Waals surface area contributed by atoms with Gasteiger partial charge in [0.2, 0.25) is 5.91 Å². The van der Waals surface area contributed by atoms with E-state index in [0.29, 0.717) is 0 Å². The molecule has 158 valence electrons. The van der Waals surface area contributed by atoms with E-state index in [4.69, 9.17) is 0 Å². The fourth-order valence-corrected chi connectivity index (χ4v) is 6.00. The van der Waals surface area contributed by atoms with Gasteiger partial charge in [0.15, 0.2) is 0 Å². The van der Waals surface area contributed by atoms with Crippen molar-refractivity contribution in [3.05, 3.63) is 35.0 Å². The van der Waals surface area contributed by atoms with Crippen molar-refractivity contribution in [2.75, 3.05) is 19.6 Å². The summed E-state index contributed by atoms with van der Waals surface area (Å²) in [5, 5.41) is 20.0. The number of carboxylic acid groups (broad SMARTS) is 1. The number of carboxylic acids is 1. The monoisotopic (exact) mass is 419 g/mol. The van der Waals surface area contributed by atoms with Gasteiger partial charge in [-0.3, -0.25) is 14.7 Å². The zero-order valence-electron chi connectivity index (χ0n) is 17.1. The minimum absolute atomic E-state index is 0.0834. The van der Waals surface area contributed by atoms with Crippen LogP contribution in [0.5, 0.6) is 0 Å². The van der Waals surface area contributed by atoms with Crippen molar-refractivity contribution in [3.63, 3.8) is 0 Å². The first-order valence-corrected chi connectivity index (χ1v) is 10.8. The normalized spacial score (nSPS) is 31.4. The number of nitrogens with zero attached hydrogens (tertiary/aromatic N) is 3. The molecule has 2 saturated heterocycles. The van der Waals surface area contributed by atoms with Crippen molar-refractivity contribution in [1.82, 2.24) is 9.80 Å². The van der Waals surface area contributed by atoms with Gasteiger partial charge < -0.3 is 15.1 Å². The van der Waals surface area contributed by atoms with E-state index < -0.39 is 18.0 Å². The highest BCUT2D eigenvalue weighted by Crippen LogP contribution is 2.51. The topological polar surface area (TPSA) is 93.4 Å². The van der Waals surface area contributed by atoms with Gasteiger partial charge in [0.1, 0.15) is 5.70 Å². The van der Waals surface area contributed by atoms with Gasteiger partial charge in [-0.1, -0.05) is 19.6 Å². The van der Waals surface area contributed by atoms with Gasteiger partial charge in [-0.2, -0.15) is 0 Å². The molecule has 0 aromatic rings. The number of likely N-dealkylation sites (tertiary alicyclic amines) is 1. The summed E-state index contributed by atoms with van der Waals surface area (Å²) in [6.07, 6.45) is 5.53. The third-order valence-corrected chi connectivity index (χ3v) is 7.43. The molecule has 0 aromatic carbocycles. The second kappa shape index (κ2) is 8.85. The smallest absolute Gasteiger partial charge is 0.353 e. The summed E-state index contributed by atoms with van der Waals surface area (Å²) < 4.78 is 0. The summed E-state index contributed by atoms with van der Waals surface area (Å²) in [5.74, 6) is -1.95. The van der Waals surface area contributed by atoms with Crippen LogP contribution in [0.25, 0.3) is 0 Å². The minimum Gasteiger partial charge on any atom is -0.477 e. The summed E-state index contributed by atoms with van der Waals surface area (Å²) in [6.45, 7) is 11.8. The molecular formula is C21H29N3O4S. The Morgan fingerprint density at radius 1 is 1.48 bits per heavy atom. The van der Waals surface area contributed by atoms with Gasteiger partial charge in [0, 0.05) is 41.6 Å². The van der Waals surface area contributed by atoms with E-state index in [0.717, 1.165) is 36.5 Å². The number of aliphatic carboxylic acids is 1. The van der Waals surface area contributed by atoms with Crippen LogP contribution >= 0.6 is 11.8 Å². The van der Waals surface area contributed by atoms with Crippen LogP contribution in [0, 0.1) is 11.8 Å². The first kappa shape index (κ1) is 21.8. The number of fused-ring (bicyclic) bond motifs is 1. The van der Waals surface area contributed by atoms with Gasteiger partial charge in [-0.25, -0.2) is 4.79 Å². The van der Waals surface area contributed by atoms with Crippen LogP contribution < -0.4 is 0 Å². The molecule has 2 N–H and O–H groups in total.